The Labute approximate surface area is 145 Å². The van der Waals surface area contributed by atoms with Crippen molar-refractivity contribution in [2.24, 2.45) is 0 Å². The first-order valence-electron chi connectivity index (χ1n) is 8.25. The fraction of sp³-hybridized carbons (Fsp3) is 0.368. The molecule has 5 heteroatoms. The number of nitrogens with one attached hydrogen (secondary N) is 1. The molecule has 0 radical (unpaired) electrons. The largest absolute Gasteiger partial charge is 0.462 e. The van der Waals surface area contributed by atoms with Crippen LogP contribution in [0.15, 0.2) is 24.3 Å². The van der Waals surface area contributed by atoms with Crippen LogP contribution in [0.2, 0.25) is 0 Å². The number of anilines is 1. The van der Waals surface area contributed by atoms with E-state index in [0.29, 0.717) is 23.6 Å². The van der Waals surface area contributed by atoms with Crippen LogP contribution >= 0.6 is 11.3 Å². The van der Waals surface area contributed by atoms with Gasteiger partial charge in [0.1, 0.15) is 5.00 Å². The number of amides is 1. The fourth-order valence-corrected chi connectivity index (χ4v) is 4.27. The first kappa shape index (κ1) is 16.7. The highest BCUT2D eigenvalue weighted by Gasteiger charge is 2.28. The number of thiophene rings is 1. The van der Waals surface area contributed by atoms with Crippen LogP contribution in [0.4, 0.5) is 5.00 Å². The lowest BCUT2D eigenvalue weighted by atomic mass is 10.1. The second-order valence-electron chi connectivity index (χ2n) is 5.99. The van der Waals surface area contributed by atoms with Crippen LogP contribution in [-0.4, -0.2) is 18.5 Å². The summed E-state index contributed by atoms with van der Waals surface area (Å²) in [6.07, 6.45) is 3.21. The molecule has 1 aliphatic carbocycles. The molecule has 0 atom stereocenters. The highest BCUT2D eigenvalue weighted by molar-refractivity contribution is 7.17. The van der Waals surface area contributed by atoms with Crippen molar-refractivity contribution in [1.29, 1.82) is 0 Å². The highest BCUT2D eigenvalue weighted by Crippen LogP contribution is 2.39. The van der Waals surface area contributed by atoms with Gasteiger partial charge in [-0.2, -0.15) is 0 Å². The maximum Gasteiger partial charge on any atom is 0.341 e. The Kier molecular flexibility index (Phi) is 5.00. The smallest absolute Gasteiger partial charge is 0.341 e. The minimum atomic E-state index is -0.331. The Morgan fingerprint density at radius 1 is 1.21 bits per heavy atom. The number of benzene rings is 1. The van der Waals surface area contributed by atoms with Gasteiger partial charge in [-0.1, -0.05) is 29.8 Å². The van der Waals surface area contributed by atoms with Crippen LogP contribution in [0.3, 0.4) is 0 Å². The van der Waals surface area contributed by atoms with E-state index >= 15 is 0 Å². The second-order valence-corrected chi connectivity index (χ2v) is 7.10. The monoisotopic (exact) mass is 343 g/mol. The van der Waals surface area contributed by atoms with Crippen molar-refractivity contribution in [2.45, 2.75) is 39.5 Å². The predicted molar refractivity (Wildman–Crippen MR) is 95.8 cm³/mol. The summed E-state index contributed by atoms with van der Waals surface area (Å²) in [5.74, 6) is -0.438. The maximum atomic E-state index is 12.4. The molecule has 0 unspecified atom stereocenters. The molecule has 0 fully saturated rings. The van der Waals surface area contributed by atoms with Crippen molar-refractivity contribution in [3.05, 3.63) is 51.4 Å². The van der Waals surface area contributed by atoms with Crippen molar-refractivity contribution in [2.75, 3.05) is 11.9 Å². The van der Waals surface area contributed by atoms with Gasteiger partial charge >= 0.3 is 5.97 Å². The summed E-state index contributed by atoms with van der Waals surface area (Å²) in [4.78, 5) is 25.9. The topological polar surface area (TPSA) is 55.4 Å². The molecule has 0 saturated carbocycles. The van der Waals surface area contributed by atoms with Gasteiger partial charge in [-0.15, -0.1) is 11.3 Å². The maximum absolute atomic E-state index is 12.4. The summed E-state index contributed by atoms with van der Waals surface area (Å²) >= 11 is 1.51. The van der Waals surface area contributed by atoms with E-state index < -0.39 is 0 Å². The molecule has 126 valence electrons. The van der Waals surface area contributed by atoms with Crippen molar-refractivity contribution in [1.82, 2.24) is 0 Å². The van der Waals surface area contributed by atoms with Crippen molar-refractivity contribution in [3.8, 4) is 0 Å². The Hall–Kier alpha value is -2.14. The zero-order valence-corrected chi connectivity index (χ0v) is 14.8. The standard InChI is InChI=1S/C19H21NO3S/c1-3-23-19(22)17-14-5-4-6-15(14)24-18(17)20-16(21)11-13-9-7-12(2)8-10-13/h7-10H,3-6,11H2,1-2H3,(H,20,21). The van der Waals surface area contributed by atoms with E-state index in [-0.39, 0.29) is 11.9 Å². The molecule has 1 aromatic heterocycles. The zero-order chi connectivity index (χ0) is 17.1. The van der Waals surface area contributed by atoms with E-state index in [1.165, 1.54) is 21.8 Å². The van der Waals surface area contributed by atoms with Crippen LogP contribution in [0.1, 0.15) is 45.3 Å². The van der Waals surface area contributed by atoms with E-state index in [1.807, 2.05) is 31.2 Å². The molecule has 1 N–H and O–H groups in total. The van der Waals surface area contributed by atoms with Gasteiger partial charge in [0.05, 0.1) is 18.6 Å². The molecule has 1 aliphatic rings. The van der Waals surface area contributed by atoms with Gasteiger partial charge in [-0.25, -0.2) is 4.79 Å². The number of hydrogen-bond donors (Lipinski definition) is 1. The Bertz CT molecular complexity index is 762. The number of ether oxygens (including phenoxy) is 1. The second kappa shape index (κ2) is 7.18. The lowest BCUT2D eigenvalue weighted by Gasteiger charge is -2.08. The van der Waals surface area contributed by atoms with Crippen molar-refractivity contribution >= 4 is 28.2 Å². The number of rotatable bonds is 5. The number of fused-ring (bicyclic) bond motifs is 1. The average molecular weight is 343 g/mol. The summed E-state index contributed by atoms with van der Waals surface area (Å²) in [5, 5.41) is 3.56. The van der Waals surface area contributed by atoms with Gasteiger partial charge in [0.2, 0.25) is 5.91 Å². The van der Waals surface area contributed by atoms with Crippen LogP contribution in [-0.2, 0) is 28.8 Å². The minimum absolute atomic E-state index is 0.107. The molecule has 4 nitrogen and oxygen atoms in total. The van der Waals surface area contributed by atoms with E-state index in [1.54, 1.807) is 6.92 Å². The predicted octanol–water partition coefficient (Wildman–Crippen LogP) is 3.90. The molecule has 0 bridgehead atoms. The van der Waals surface area contributed by atoms with Crippen molar-refractivity contribution in [3.63, 3.8) is 0 Å². The first-order valence-corrected chi connectivity index (χ1v) is 9.07. The van der Waals surface area contributed by atoms with Gasteiger partial charge in [0.15, 0.2) is 0 Å². The van der Waals surface area contributed by atoms with E-state index in [4.69, 9.17) is 4.74 Å². The molecule has 1 aromatic carbocycles. The van der Waals surface area contributed by atoms with Gasteiger partial charge < -0.3 is 10.1 Å². The normalized spacial score (nSPS) is 12.8. The van der Waals surface area contributed by atoms with Crippen LogP contribution in [0.25, 0.3) is 0 Å². The van der Waals surface area contributed by atoms with Gasteiger partial charge in [0, 0.05) is 4.88 Å². The molecule has 2 aromatic rings. The Morgan fingerprint density at radius 3 is 2.67 bits per heavy atom. The number of esters is 1. The van der Waals surface area contributed by atoms with E-state index in [9.17, 15) is 9.59 Å². The van der Waals surface area contributed by atoms with Crippen molar-refractivity contribution < 1.29 is 14.3 Å². The average Bonchev–Trinajstić information content (AvgIpc) is 3.10. The first-order chi connectivity index (χ1) is 11.6. The quantitative estimate of drug-likeness (QED) is 0.838. The molecular formula is C19H21NO3S. The molecule has 1 heterocycles. The van der Waals surface area contributed by atoms with Crippen LogP contribution < -0.4 is 5.32 Å². The fourth-order valence-electron chi connectivity index (χ4n) is 2.97. The van der Waals surface area contributed by atoms with Crippen LogP contribution in [0.5, 0.6) is 0 Å². The van der Waals surface area contributed by atoms with E-state index in [0.717, 1.165) is 30.4 Å². The van der Waals surface area contributed by atoms with Gasteiger partial charge in [0.25, 0.3) is 0 Å². The summed E-state index contributed by atoms with van der Waals surface area (Å²) in [7, 11) is 0. The number of carbonyl (C=O) groups excluding carboxylic acids is 2. The number of aryl methyl sites for hydroxylation is 2. The SMILES string of the molecule is CCOC(=O)c1c(NC(=O)Cc2ccc(C)cc2)sc2c1CCC2. The summed E-state index contributed by atoms with van der Waals surface area (Å²) in [6.45, 7) is 4.14. The third kappa shape index (κ3) is 3.51. The number of carbonyl (C=O) groups is 2. The molecular weight excluding hydrogens is 322 g/mol. The summed E-state index contributed by atoms with van der Waals surface area (Å²) < 4.78 is 5.18. The Balaban J connectivity index is 1.78. The van der Waals surface area contributed by atoms with Crippen LogP contribution in [0, 0.1) is 6.92 Å². The van der Waals surface area contributed by atoms with E-state index in [2.05, 4.69) is 5.32 Å². The zero-order valence-electron chi connectivity index (χ0n) is 14.0. The Morgan fingerprint density at radius 2 is 1.96 bits per heavy atom. The molecule has 0 spiro atoms. The molecule has 1 amide bonds. The number of hydrogen-bond acceptors (Lipinski definition) is 4. The van der Waals surface area contributed by atoms with Gasteiger partial charge in [-0.05, 0) is 44.2 Å². The lowest BCUT2D eigenvalue weighted by Crippen LogP contribution is -2.16. The summed E-state index contributed by atoms with van der Waals surface area (Å²) in [5.41, 5.74) is 3.74. The summed E-state index contributed by atoms with van der Waals surface area (Å²) in [6, 6.07) is 7.89. The third-order valence-corrected chi connectivity index (χ3v) is 5.35. The third-order valence-electron chi connectivity index (χ3n) is 4.14. The minimum Gasteiger partial charge on any atom is -0.462 e. The molecule has 0 saturated heterocycles. The molecule has 3 rings (SSSR count). The lowest BCUT2D eigenvalue weighted by molar-refractivity contribution is -0.115. The molecule has 0 aliphatic heterocycles. The molecule has 24 heavy (non-hydrogen) atoms. The highest BCUT2D eigenvalue weighted by atomic mass is 32.1. The van der Waals surface area contributed by atoms with Gasteiger partial charge in [-0.3, -0.25) is 4.79 Å².